The lowest BCUT2D eigenvalue weighted by Crippen LogP contribution is -2.45. The van der Waals surface area contributed by atoms with Crippen LogP contribution in [0.5, 0.6) is 0 Å². The lowest BCUT2D eigenvalue weighted by Gasteiger charge is -2.26. The predicted molar refractivity (Wildman–Crippen MR) is 70.1 cm³/mol. The Morgan fingerprint density at radius 1 is 1.35 bits per heavy atom. The van der Waals surface area contributed by atoms with Crippen LogP contribution in [0.15, 0.2) is 0 Å². The van der Waals surface area contributed by atoms with Crippen molar-refractivity contribution in [2.24, 2.45) is 5.92 Å². The molecule has 0 spiro atoms. The van der Waals surface area contributed by atoms with Crippen molar-refractivity contribution < 1.29 is 9.90 Å². The smallest absolute Gasteiger partial charge is 0.320 e. The molecular weight excluding hydrogens is 214 g/mol. The van der Waals surface area contributed by atoms with Gasteiger partial charge in [0.25, 0.3) is 0 Å². The number of rotatable bonds is 6. The Morgan fingerprint density at radius 2 is 2.06 bits per heavy atom. The summed E-state index contributed by atoms with van der Waals surface area (Å²) >= 11 is 0. The molecule has 0 aliphatic heterocycles. The Balaban J connectivity index is 2.48. The van der Waals surface area contributed by atoms with Gasteiger partial charge in [0.05, 0.1) is 0 Å². The zero-order valence-corrected chi connectivity index (χ0v) is 11.2. The third-order valence-electron chi connectivity index (χ3n) is 3.92. The first-order valence-electron chi connectivity index (χ1n) is 7.14. The highest BCUT2D eigenvalue weighted by atomic mass is 16.4. The highest BCUT2D eigenvalue weighted by Crippen LogP contribution is 2.23. The van der Waals surface area contributed by atoms with Crippen LogP contribution in [0, 0.1) is 5.92 Å². The molecule has 0 bridgehead atoms. The maximum atomic E-state index is 11.2. The van der Waals surface area contributed by atoms with Crippen LogP contribution in [0.3, 0.4) is 0 Å². The van der Waals surface area contributed by atoms with Gasteiger partial charge in [0.1, 0.15) is 6.04 Å². The molecule has 3 heteroatoms. The zero-order valence-electron chi connectivity index (χ0n) is 11.2. The topological polar surface area (TPSA) is 49.3 Å². The van der Waals surface area contributed by atoms with Crippen molar-refractivity contribution in [1.82, 2.24) is 5.32 Å². The van der Waals surface area contributed by atoms with E-state index in [9.17, 15) is 9.90 Å². The summed E-state index contributed by atoms with van der Waals surface area (Å²) in [6.45, 7) is 4.36. The minimum Gasteiger partial charge on any atom is -0.480 e. The van der Waals surface area contributed by atoms with Crippen molar-refractivity contribution in [2.45, 2.75) is 77.3 Å². The second-order valence-corrected chi connectivity index (χ2v) is 5.42. The number of aliphatic carboxylic acids is 1. The van der Waals surface area contributed by atoms with E-state index in [0.717, 1.165) is 25.7 Å². The normalized spacial score (nSPS) is 27.4. The number of nitrogens with one attached hydrogen (secondary N) is 1. The minimum absolute atomic E-state index is 0.347. The Morgan fingerprint density at radius 3 is 2.71 bits per heavy atom. The van der Waals surface area contributed by atoms with E-state index < -0.39 is 5.97 Å². The van der Waals surface area contributed by atoms with Gasteiger partial charge < -0.3 is 10.4 Å². The van der Waals surface area contributed by atoms with Gasteiger partial charge in [0, 0.05) is 6.04 Å². The van der Waals surface area contributed by atoms with Crippen LogP contribution in [0.2, 0.25) is 0 Å². The number of carboxylic acids is 1. The van der Waals surface area contributed by atoms with Gasteiger partial charge in [-0.3, -0.25) is 4.79 Å². The first kappa shape index (κ1) is 14.5. The summed E-state index contributed by atoms with van der Waals surface area (Å²) in [5, 5.41) is 12.6. The molecule has 0 aromatic heterocycles. The van der Waals surface area contributed by atoms with Gasteiger partial charge in [-0.05, 0) is 25.2 Å². The average molecular weight is 241 g/mol. The SMILES string of the molecule is CCCCC(NC1CCCCCC1C)C(=O)O. The summed E-state index contributed by atoms with van der Waals surface area (Å²) in [6.07, 6.45) is 9.02. The molecule has 0 amide bonds. The summed E-state index contributed by atoms with van der Waals surface area (Å²) < 4.78 is 0. The van der Waals surface area contributed by atoms with Gasteiger partial charge in [0.2, 0.25) is 0 Å². The Bertz CT molecular complexity index is 230. The molecule has 3 nitrogen and oxygen atoms in total. The molecule has 0 aromatic rings. The molecule has 0 aromatic carbocycles. The standard InChI is InChI=1S/C14H27NO2/c1-3-4-9-13(14(16)17)15-12-10-7-5-6-8-11(12)2/h11-13,15H,3-10H2,1-2H3,(H,16,17). The molecular formula is C14H27NO2. The van der Waals surface area contributed by atoms with Crippen molar-refractivity contribution in [1.29, 1.82) is 0 Å². The number of carboxylic acid groups (broad SMARTS) is 1. The first-order chi connectivity index (χ1) is 8.15. The molecule has 1 aliphatic rings. The van der Waals surface area contributed by atoms with Crippen molar-refractivity contribution in [3.05, 3.63) is 0 Å². The maximum absolute atomic E-state index is 11.2. The third kappa shape index (κ3) is 5.07. The Labute approximate surface area is 105 Å². The lowest BCUT2D eigenvalue weighted by atomic mass is 9.95. The van der Waals surface area contributed by atoms with Crippen LogP contribution in [0.4, 0.5) is 0 Å². The summed E-state index contributed by atoms with van der Waals surface area (Å²) in [6, 6.07) is 0.0518. The van der Waals surface area contributed by atoms with Gasteiger partial charge in [0.15, 0.2) is 0 Å². The fraction of sp³-hybridized carbons (Fsp3) is 0.929. The lowest BCUT2D eigenvalue weighted by molar-refractivity contribution is -0.140. The average Bonchev–Trinajstić information content (AvgIpc) is 2.49. The highest BCUT2D eigenvalue weighted by Gasteiger charge is 2.25. The molecule has 100 valence electrons. The number of unbranched alkanes of at least 4 members (excludes halogenated alkanes) is 1. The second-order valence-electron chi connectivity index (χ2n) is 5.42. The Hall–Kier alpha value is -0.570. The Kier molecular flexibility index (Phi) is 6.56. The largest absolute Gasteiger partial charge is 0.480 e. The molecule has 2 N–H and O–H groups in total. The second kappa shape index (κ2) is 7.70. The molecule has 1 saturated carbocycles. The molecule has 3 unspecified atom stereocenters. The van der Waals surface area contributed by atoms with Crippen molar-refractivity contribution in [3.63, 3.8) is 0 Å². The van der Waals surface area contributed by atoms with Gasteiger partial charge in [-0.25, -0.2) is 0 Å². The summed E-state index contributed by atoms with van der Waals surface area (Å²) in [7, 11) is 0. The van der Waals surface area contributed by atoms with E-state index in [0.29, 0.717) is 12.0 Å². The highest BCUT2D eigenvalue weighted by molar-refractivity contribution is 5.73. The molecule has 1 fully saturated rings. The molecule has 17 heavy (non-hydrogen) atoms. The predicted octanol–water partition coefficient (Wildman–Crippen LogP) is 3.19. The van der Waals surface area contributed by atoms with Crippen LogP contribution in [-0.4, -0.2) is 23.2 Å². The number of hydrogen-bond donors (Lipinski definition) is 2. The number of carbonyl (C=O) groups is 1. The van der Waals surface area contributed by atoms with Gasteiger partial charge in [-0.1, -0.05) is 46.0 Å². The van der Waals surface area contributed by atoms with Crippen LogP contribution >= 0.6 is 0 Å². The van der Waals surface area contributed by atoms with E-state index in [4.69, 9.17) is 0 Å². The molecule has 0 heterocycles. The molecule has 1 rings (SSSR count). The molecule has 3 atom stereocenters. The van der Waals surface area contributed by atoms with Gasteiger partial charge in [-0.15, -0.1) is 0 Å². The number of hydrogen-bond acceptors (Lipinski definition) is 2. The monoisotopic (exact) mass is 241 g/mol. The molecule has 0 radical (unpaired) electrons. The van der Waals surface area contributed by atoms with Crippen LogP contribution in [-0.2, 0) is 4.79 Å². The van der Waals surface area contributed by atoms with E-state index >= 15 is 0 Å². The zero-order chi connectivity index (χ0) is 12.7. The van der Waals surface area contributed by atoms with Crippen molar-refractivity contribution >= 4 is 5.97 Å². The van der Waals surface area contributed by atoms with Crippen LogP contribution in [0.1, 0.15) is 65.2 Å². The van der Waals surface area contributed by atoms with Crippen molar-refractivity contribution in [3.8, 4) is 0 Å². The fourth-order valence-electron chi connectivity index (χ4n) is 2.69. The van der Waals surface area contributed by atoms with E-state index in [1.165, 1.54) is 25.7 Å². The summed E-state index contributed by atoms with van der Waals surface area (Å²) in [5.74, 6) is -0.0733. The van der Waals surface area contributed by atoms with E-state index in [-0.39, 0.29) is 6.04 Å². The summed E-state index contributed by atoms with van der Waals surface area (Å²) in [5.41, 5.74) is 0. The van der Waals surface area contributed by atoms with E-state index in [1.807, 2.05) is 0 Å². The van der Waals surface area contributed by atoms with Crippen LogP contribution in [0.25, 0.3) is 0 Å². The fourth-order valence-corrected chi connectivity index (χ4v) is 2.69. The van der Waals surface area contributed by atoms with E-state index in [2.05, 4.69) is 19.2 Å². The van der Waals surface area contributed by atoms with Gasteiger partial charge in [-0.2, -0.15) is 0 Å². The van der Waals surface area contributed by atoms with Gasteiger partial charge >= 0.3 is 5.97 Å². The minimum atomic E-state index is -0.685. The third-order valence-corrected chi connectivity index (χ3v) is 3.92. The maximum Gasteiger partial charge on any atom is 0.320 e. The summed E-state index contributed by atoms with van der Waals surface area (Å²) in [4.78, 5) is 11.2. The van der Waals surface area contributed by atoms with E-state index in [1.54, 1.807) is 0 Å². The van der Waals surface area contributed by atoms with Crippen LogP contribution < -0.4 is 5.32 Å². The molecule has 0 saturated heterocycles. The molecule has 1 aliphatic carbocycles. The quantitative estimate of drug-likeness (QED) is 0.702. The first-order valence-corrected chi connectivity index (χ1v) is 7.14. The van der Waals surface area contributed by atoms with Crippen molar-refractivity contribution in [2.75, 3.05) is 0 Å².